The van der Waals surface area contributed by atoms with Crippen LogP contribution in [0, 0.1) is 12.8 Å². The molecule has 1 fully saturated rings. The molecule has 0 heterocycles. The summed E-state index contributed by atoms with van der Waals surface area (Å²) in [6.45, 7) is 8.91. The molecule has 1 atom stereocenters. The Balaban J connectivity index is 2.04. The van der Waals surface area contributed by atoms with Gasteiger partial charge in [-0.25, -0.2) is 0 Å². The second kappa shape index (κ2) is 5.03. The lowest BCUT2D eigenvalue weighted by molar-refractivity contribution is 0.587. The van der Waals surface area contributed by atoms with Crippen molar-refractivity contribution in [2.24, 2.45) is 5.92 Å². The van der Waals surface area contributed by atoms with Gasteiger partial charge in [0.15, 0.2) is 0 Å². The zero-order valence-corrected chi connectivity index (χ0v) is 12.1. The Morgan fingerprint density at radius 2 is 1.76 bits per heavy atom. The summed E-state index contributed by atoms with van der Waals surface area (Å²) in [7, 11) is 0. The van der Waals surface area contributed by atoms with Crippen molar-refractivity contribution in [3.05, 3.63) is 35.4 Å². The van der Waals surface area contributed by atoms with Crippen LogP contribution < -0.4 is 4.72 Å². The third kappa shape index (κ3) is 4.04. The van der Waals surface area contributed by atoms with Crippen LogP contribution in [0.1, 0.15) is 50.8 Å². The van der Waals surface area contributed by atoms with Crippen molar-refractivity contribution in [1.29, 1.82) is 0 Å². The average Bonchev–Trinajstić information content (AvgIpc) is 3.03. The molecule has 0 aliphatic heterocycles. The molecule has 94 valence electrons. The van der Waals surface area contributed by atoms with E-state index < -0.39 is 0 Å². The fraction of sp³-hybridized carbons (Fsp3) is 0.600. The van der Waals surface area contributed by atoms with Crippen molar-refractivity contribution in [2.75, 3.05) is 0 Å². The van der Waals surface area contributed by atoms with Crippen LogP contribution in [0.15, 0.2) is 24.3 Å². The van der Waals surface area contributed by atoms with Crippen LogP contribution in [0.25, 0.3) is 0 Å². The van der Waals surface area contributed by atoms with Gasteiger partial charge in [-0.05, 0) is 52.0 Å². The Hall–Kier alpha value is -0.470. The predicted molar refractivity (Wildman–Crippen MR) is 77.1 cm³/mol. The molecule has 1 unspecified atom stereocenters. The summed E-state index contributed by atoms with van der Waals surface area (Å²) < 4.78 is 3.95. The molecule has 0 bridgehead atoms. The van der Waals surface area contributed by atoms with Crippen molar-refractivity contribution in [1.82, 2.24) is 4.72 Å². The van der Waals surface area contributed by atoms with Crippen LogP contribution in [0.3, 0.4) is 0 Å². The zero-order chi connectivity index (χ0) is 12.5. The predicted octanol–water partition coefficient (Wildman–Crippen LogP) is 4.48. The number of hydrogen-bond acceptors (Lipinski definition) is 2. The van der Waals surface area contributed by atoms with E-state index in [1.165, 1.54) is 24.0 Å². The lowest BCUT2D eigenvalue weighted by Gasteiger charge is -2.24. The first-order chi connectivity index (χ1) is 7.96. The lowest BCUT2D eigenvalue weighted by Crippen LogP contribution is -2.23. The molecule has 1 aromatic rings. The van der Waals surface area contributed by atoms with Gasteiger partial charge in [-0.2, -0.15) is 0 Å². The lowest BCUT2D eigenvalue weighted by atomic mass is 10.0. The van der Waals surface area contributed by atoms with E-state index in [1.807, 2.05) is 11.9 Å². The van der Waals surface area contributed by atoms with Crippen molar-refractivity contribution < 1.29 is 0 Å². The topological polar surface area (TPSA) is 12.0 Å². The molecule has 1 saturated carbocycles. The van der Waals surface area contributed by atoms with Gasteiger partial charge in [0, 0.05) is 10.8 Å². The quantitative estimate of drug-likeness (QED) is 0.789. The Morgan fingerprint density at radius 3 is 2.24 bits per heavy atom. The standard InChI is InChI=1S/C15H23NS/c1-11-5-7-12(8-6-11)14(13-9-10-13)16-17-15(2,3)4/h5-8,13-14,16H,9-10H2,1-4H3. The largest absolute Gasteiger partial charge is 0.256 e. The minimum absolute atomic E-state index is 0.276. The molecule has 17 heavy (non-hydrogen) atoms. The van der Waals surface area contributed by atoms with E-state index in [-0.39, 0.29) is 4.75 Å². The first-order valence-corrected chi connectivity index (χ1v) is 7.27. The summed E-state index contributed by atoms with van der Waals surface area (Å²) in [4.78, 5) is 0. The molecule has 1 N–H and O–H groups in total. The highest BCUT2D eigenvalue weighted by atomic mass is 32.2. The summed E-state index contributed by atoms with van der Waals surface area (Å²) in [5.74, 6) is 0.840. The van der Waals surface area contributed by atoms with Gasteiger partial charge in [0.1, 0.15) is 0 Å². The maximum absolute atomic E-state index is 3.67. The fourth-order valence-corrected chi connectivity index (χ4v) is 2.69. The van der Waals surface area contributed by atoms with Gasteiger partial charge in [0.25, 0.3) is 0 Å². The summed E-state index contributed by atoms with van der Waals surface area (Å²) >= 11 is 1.86. The maximum Gasteiger partial charge on any atom is 0.0449 e. The Bertz CT molecular complexity index is 360. The number of aryl methyl sites for hydroxylation is 1. The van der Waals surface area contributed by atoms with Gasteiger partial charge >= 0.3 is 0 Å². The van der Waals surface area contributed by atoms with Gasteiger partial charge in [-0.15, -0.1) is 0 Å². The van der Waals surface area contributed by atoms with E-state index in [0.717, 1.165) is 5.92 Å². The van der Waals surface area contributed by atoms with Crippen LogP contribution >= 0.6 is 11.9 Å². The molecule has 0 amide bonds. The van der Waals surface area contributed by atoms with Crippen molar-refractivity contribution in [2.45, 2.75) is 51.3 Å². The summed E-state index contributed by atoms with van der Waals surface area (Å²) in [6.07, 6.45) is 2.74. The first-order valence-electron chi connectivity index (χ1n) is 6.46. The Labute approximate surface area is 110 Å². The van der Waals surface area contributed by atoms with Crippen LogP contribution in [0.2, 0.25) is 0 Å². The molecule has 0 saturated heterocycles. The maximum atomic E-state index is 3.67. The number of nitrogens with one attached hydrogen (secondary N) is 1. The molecule has 2 rings (SSSR count). The van der Waals surface area contributed by atoms with Gasteiger partial charge in [0.05, 0.1) is 0 Å². The third-order valence-corrected chi connectivity index (χ3v) is 4.01. The Morgan fingerprint density at radius 1 is 1.18 bits per heavy atom. The second-order valence-electron chi connectivity index (χ2n) is 6.06. The van der Waals surface area contributed by atoms with Crippen molar-refractivity contribution in [3.63, 3.8) is 0 Å². The third-order valence-electron chi connectivity index (χ3n) is 3.02. The minimum Gasteiger partial charge on any atom is -0.256 e. The second-order valence-corrected chi connectivity index (χ2v) is 7.72. The van der Waals surface area contributed by atoms with Crippen molar-refractivity contribution >= 4 is 11.9 Å². The molecule has 0 spiro atoms. The normalized spacial score (nSPS) is 18.1. The summed E-state index contributed by atoms with van der Waals surface area (Å²) in [5, 5.41) is 0. The molecule has 0 aromatic heterocycles. The molecule has 1 nitrogen and oxygen atoms in total. The zero-order valence-electron chi connectivity index (χ0n) is 11.3. The van der Waals surface area contributed by atoms with Crippen LogP contribution in [-0.2, 0) is 0 Å². The fourth-order valence-electron chi connectivity index (χ4n) is 1.88. The molecular weight excluding hydrogens is 226 g/mol. The molecule has 0 radical (unpaired) electrons. The van der Waals surface area contributed by atoms with Gasteiger partial charge < -0.3 is 0 Å². The van der Waals surface area contributed by atoms with Crippen molar-refractivity contribution in [3.8, 4) is 0 Å². The highest BCUT2D eigenvalue weighted by Gasteiger charge is 2.33. The molecule has 1 aliphatic rings. The summed E-state index contributed by atoms with van der Waals surface area (Å²) in [6, 6.07) is 9.51. The number of rotatable bonds is 4. The van der Waals surface area contributed by atoms with E-state index >= 15 is 0 Å². The monoisotopic (exact) mass is 249 g/mol. The van der Waals surface area contributed by atoms with E-state index in [4.69, 9.17) is 0 Å². The van der Waals surface area contributed by atoms with Gasteiger partial charge in [-0.1, -0.05) is 41.8 Å². The van der Waals surface area contributed by atoms with Gasteiger partial charge in [0.2, 0.25) is 0 Å². The van der Waals surface area contributed by atoms with E-state index in [1.54, 1.807) is 0 Å². The van der Waals surface area contributed by atoms with E-state index in [9.17, 15) is 0 Å². The molecule has 2 heteroatoms. The SMILES string of the molecule is Cc1ccc(C(NSC(C)(C)C)C2CC2)cc1. The van der Waals surface area contributed by atoms with Crippen LogP contribution in [-0.4, -0.2) is 4.75 Å². The number of benzene rings is 1. The van der Waals surface area contributed by atoms with Crippen LogP contribution in [0.4, 0.5) is 0 Å². The summed E-state index contributed by atoms with van der Waals surface area (Å²) in [5.41, 5.74) is 2.78. The highest BCUT2D eigenvalue weighted by Crippen LogP contribution is 2.42. The molecular formula is C15H23NS. The minimum atomic E-state index is 0.276. The first kappa shape index (κ1) is 13.0. The van der Waals surface area contributed by atoms with Crippen LogP contribution in [0.5, 0.6) is 0 Å². The Kier molecular flexibility index (Phi) is 3.84. The smallest absolute Gasteiger partial charge is 0.0449 e. The number of hydrogen-bond donors (Lipinski definition) is 1. The van der Waals surface area contributed by atoms with E-state index in [0.29, 0.717) is 6.04 Å². The highest BCUT2D eigenvalue weighted by molar-refractivity contribution is 7.98. The van der Waals surface area contributed by atoms with E-state index in [2.05, 4.69) is 56.7 Å². The average molecular weight is 249 g/mol. The molecule has 1 aromatic carbocycles. The molecule has 1 aliphatic carbocycles. The van der Waals surface area contributed by atoms with Gasteiger partial charge in [-0.3, -0.25) is 4.72 Å².